The van der Waals surface area contributed by atoms with Crippen LogP contribution in [0.25, 0.3) is 11.3 Å². The van der Waals surface area contributed by atoms with Crippen LogP contribution in [0.15, 0.2) is 23.6 Å². The summed E-state index contributed by atoms with van der Waals surface area (Å²) in [5, 5.41) is 5.42. The third-order valence-electron chi connectivity index (χ3n) is 5.27. The summed E-state index contributed by atoms with van der Waals surface area (Å²) in [5.41, 5.74) is 4.30. The number of likely N-dealkylation sites (tertiary alicyclic amines) is 1. The van der Waals surface area contributed by atoms with Gasteiger partial charge in [-0.3, -0.25) is 9.59 Å². The van der Waals surface area contributed by atoms with E-state index in [2.05, 4.69) is 22.4 Å². The Morgan fingerprint density at radius 2 is 2.12 bits per heavy atom. The second-order valence-corrected chi connectivity index (χ2v) is 8.04. The molecule has 26 heavy (non-hydrogen) atoms. The van der Waals surface area contributed by atoms with Gasteiger partial charge < -0.3 is 15.0 Å². The lowest BCUT2D eigenvalue weighted by Crippen LogP contribution is -2.29. The number of benzene rings is 1. The maximum absolute atomic E-state index is 12.5. The lowest BCUT2D eigenvalue weighted by Gasteiger charge is -2.14. The smallest absolute Gasteiger partial charge is 0.231 e. The number of carbonyl (C=O) groups excluding carboxylic acids is 2. The van der Waals surface area contributed by atoms with E-state index in [1.54, 1.807) is 0 Å². The van der Waals surface area contributed by atoms with E-state index in [9.17, 15) is 9.59 Å². The molecule has 2 aromatic rings. The molecular formula is C19H19N3O3S. The van der Waals surface area contributed by atoms with Gasteiger partial charge in [0.05, 0.1) is 24.8 Å². The number of hydrogen-bond donors (Lipinski definition) is 1. The SMILES string of the molecule is O=C(Nc1nc(-c2ccc3c(c2)COC3)cs1)[C@H]1CC(=O)N(C2CC2)C1. The molecule has 0 radical (unpaired) electrons. The predicted molar refractivity (Wildman–Crippen MR) is 97.5 cm³/mol. The number of fused-ring (bicyclic) bond motifs is 1. The fourth-order valence-corrected chi connectivity index (χ4v) is 4.37. The highest BCUT2D eigenvalue weighted by Gasteiger charge is 2.41. The van der Waals surface area contributed by atoms with Gasteiger partial charge >= 0.3 is 0 Å². The van der Waals surface area contributed by atoms with Crippen molar-refractivity contribution < 1.29 is 14.3 Å². The van der Waals surface area contributed by atoms with E-state index in [4.69, 9.17) is 4.74 Å². The number of thiazole rings is 1. The highest BCUT2D eigenvalue weighted by molar-refractivity contribution is 7.14. The number of aromatic nitrogens is 1. The zero-order valence-electron chi connectivity index (χ0n) is 14.2. The van der Waals surface area contributed by atoms with Gasteiger partial charge in [-0.25, -0.2) is 4.98 Å². The average molecular weight is 369 g/mol. The van der Waals surface area contributed by atoms with Gasteiger partial charge in [0.25, 0.3) is 0 Å². The Morgan fingerprint density at radius 3 is 2.96 bits per heavy atom. The fourth-order valence-electron chi connectivity index (χ4n) is 3.65. The normalized spacial score (nSPS) is 21.9. The summed E-state index contributed by atoms with van der Waals surface area (Å²) in [6.07, 6.45) is 2.45. The highest BCUT2D eigenvalue weighted by Crippen LogP contribution is 2.33. The maximum Gasteiger partial charge on any atom is 0.231 e. The van der Waals surface area contributed by atoms with Crippen molar-refractivity contribution in [2.75, 3.05) is 11.9 Å². The molecule has 0 bridgehead atoms. The molecule has 1 N–H and O–H groups in total. The van der Waals surface area contributed by atoms with Crippen LogP contribution in [-0.4, -0.2) is 34.3 Å². The van der Waals surface area contributed by atoms with Crippen LogP contribution in [0, 0.1) is 5.92 Å². The van der Waals surface area contributed by atoms with Crippen LogP contribution < -0.4 is 5.32 Å². The average Bonchev–Trinajstić information content (AvgIpc) is 3.05. The molecule has 3 aliphatic rings. The number of ether oxygens (including phenoxy) is 1. The molecule has 1 aromatic carbocycles. The minimum atomic E-state index is -0.271. The quantitative estimate of drug-likeness (QED) is 0.900. The van der Waals surface area contributed by atoms with Crippen LogP contribution >= 0.6 is 11.3 Å². The zero-order chi connectivity index (χ0) is 17.7. The molecule has 0 unspecified atom stereocenters. The van der Waals surface area contributed by atoms with Gasteiger partial charge in [0.1, 0.15) is 0 Å². The summed E-state index contributed by atoms with van der Waals surface area (Å²) >= 11 is 1.41. The first-order valence-electron chi connectivity index (χ1n) is 8.93. The molecule has 7 heteroatoms. The van der Waals surface area contributed by atoms with Crippen molar-refractivity contribution in [3.05, 3.63) is 34.7 Å². The summed E-state index contributed by atoms with van der Waals surface area (Å²) < 4.78 is 5.45. The molecule has 1 saturated heterocycles. The fraction of sp³-hybridized carbons (Fsp3) is 0.421. The summed E-state index contributed by atoms with van der Waals surface area (Å²) in [7, 11) is 0. The van der Waals surface area contributed by atoms with Crippen molar-refractivity contribution in [1.82, 2.24) is 9.88 Å². The Balaban J connectivity index is 1.27. The molecule has 2 fully saturated rings. The Labute approximate surface area is 155 Å². The van der Waals surface area contributed by atoms with Crippen LogP contribution in [0.1, 0.15) is 30.4 Å². The Hall–Kier alpha value is -2.25. The Bertz CT molecular complexity index is 890. The van der Waals surface area contributed by atoms with Gasteiger partial charge in [0.2, 0.25) is 11.8 Å². The molecule has 2 amide bonds. The number of nitrogens with zero attached hydrogens (tertiary/aromatic N) is 2. The van der Waals surface area contributed by atoms with Gasteiger partial charge in [-0.05, 0) is 30.0 Å². The van der Waals surface area contributed by atoms with Gasteiger partial charge in [0.15, 0.2) is 5.13 Å². The van der Waals surface area contributed by atoms with E-state index in [-0.39, 0.29) is 17.7 Å². The minimum Gasteiger partial charge on any atom is -0.372 e. The highest BCUT2D eigenvalue weighted by atomic mass is 32.1. The standard InChI is InChI=1S/C19H19N3O3S/c23-17-6-13(7-22(17)15-3-4-15)18(24)21-19-20-16(10-26-19)11-1-2-12-8-25-9-14(12)5-11/h1-2,5,10,13,15H,3-4,6-9H2,(H,20,21,24)/t13-/m0/s1. The number of carbonyl (C=O) groups is 2. The lowest BCUT2D eigenvalue weighted by molar-refractivity contribution is -0.128. The Morgan fingerprint density at radius 1 is 1.27 bits per heavy atom. The van der Waals surface area contributed by atoms with Crippen molar-refractivity contribution in [3.8, 4) is 11.3 Å². The van der Waals surface area contributed by atoms with Gasteiger partial charge in [0, 0.05) is 30.0 Å². The van der Waals surface area contributed by atoms with E-state index >= 15 is 0 Å². The first-order valence-corrected chi connectivity index (χ1v) is 9.81. The molecule has 1 saturated carbocycles. The molecule has 2 aliphatic heterocycles. The molecule has 1 atom stereocenters. The molecule has 0 spiro atoms. The second kappa shape index (κ2) is 6.17. The number of rotatable bonds is 4. The van der Waals surface area contributed by atoms with E-state index in [1.165, 1.54) is 22.5 Å². The van der Waals surface area contributed by atoms with Crippen LogP contribution in [0.3, 0.4) is 0 Å². The second-order valence-electron chi connectivity index (χ2n) is 7.18. The van der Waals surface area contributed by atoms with Gasteiger partial charge in [-0.15, -0.1) is 11.3 Å². The van der Waals surface area contributed by atoms with E-state index in [1.807, 2.05) is 16.3 Å². The topological polar surface area (TPSA) is 71.5 Å². The number of amides is 2. The molecule has 1 aromatic heterocycles. The summed E-state index contributed by atoms with van der Waals surface area (Å²) in [4.78, 5) is 31.0. The monoisotopic (exact) mass is 369 g/mol. The number of anilines is 1. The maximum atomic E-state index is 12.5. The van der Waals surface area contributed by atoms with E-state index < -0.39 is 0 Å². The first-order chi connectivity index (χ1) is 12.7. The zero-order valence-corrected chi connectivity index (χ0v) is 15.1. The summed E-state index contributed by atoms with van der Waals surface area (Å²) in [6, 6.07) is 6.59. The van der Waals surface area contributed by atoms with Crippen LogP contribution in [0.5, 0.6) is 0 Å². The minimum absolute atomic E-state index is 0.104. The lowest BCUT2D eigenvalue weighted by atomic mass is 10.1. The molecular weight excluding hydrogens is 350 g/mol. The van der Waals surface area contributed by atoms with Gasteiger partial charge in [-0.2, -0.15) is 0 Å². The van der Waals surface area contributed by atoms with Crippen LogP contribution in [0.4, 0.5) is 5.13 Å². The summed E-state index contributed by atoms with van der Waals surface area (Å²) in [5.74, 6) is -0.273. The van der Waals surface area contributed by atoms with Crippen molar-refractivity contribution >= 4 is 28.3 Å². The van der Waals surface area contributed by atoms with Crippen molar-refractivity contribution in [2.24, 2.45) is 5.92 Å². The number of hydrogen-bond acceptors (Lipinski definition) is 5. The van der Waals surface area contributed by atoms with Gasteiger partial charge in [-0.1, -0.05) is 12.1 Å². The van der Waals surface area contributed by atoms with Crippen LogP contribution in [0.2, 0.25) is 0 Å². The first kappa shape index (κ1) is 16.0. The third kappa shape index (κ3) is 2.91. The molecule has 3 heterocycles. The molecule has 134 valence electrons. The molecule has 1 aliphatic carbocycles. The van der Waals surface area contributed by atoms with Crippen molar-refractivity contribution in [1.29, 1.82) is 0 Å². The molecule has 5 rings (SSSR count). The van der Waals surface area contributed by atoms with E-state index in [0.717, 1.165) is 24.1 Å². The number of nitrogens with one attached hydrogen (secondary N) is 1. The molecule has 6 nitrogen and oxygen atoms in total. The summed E-state index contributed by atoms with van der Waals surface area (Å²) in [6.45, 7) is 1.86. The van der Waals surface area contributed by atoms with Crippen LogP contribution in [-0.2, 0) is 27.5 Å². The largest absolute Gasteiger partial charge is 0.372 e. The van der Waals surface area contributed by atoms with Crippen molar-refractivity contribution in [2.45, 2.75) is 38.5 Å². The van der Waals surface area contributed by atoms with E-state index in [0.29, 0.717) is 37.4 Å². The Kier molecular flexibility index (Phi) is 3.79. The third-order valence-corrected chi connectivity index (χ3v) is 6.03. The predicted octanol–water partition coefficient (Wildman–Crippen LogP) is 2.79. The van der Waals surface area contributed by atoms with Crippen molar-refractivity contribution in [3.63, 3.8) is 0 Å².